The maximum Gasteiger partial charge on any atom is 0.408 e. The van der Waals surface area contributed by atoms with Gasteiger partial charge in [-0.15, -0.1) is 6.58 Å². The molecule has 0 saturated heterocycles. The number of nitrogens with two attached hydrogens (primary N) is 1. The molecule has 0 aromatic heterocycles. The molecule has 18 heavy (non-hydrogen) atoms. The number of rotatable bonds is 5. The van der Waals surface area contributed by atoms with Crippen LogP contribution in [-0.4, -0.2) is 47.2 Å². The molecule has 2 amide bonds. The second-order valence-electron chi connectivity index (χ2n) is 3.97. The fourth-order valence-electron chi connectivity index (χ4n) is 1.88. The molecule has 0 unspecified atom stereocenters. The second-order valence-corrected chi connectivity index (χ2v) is 3.97. The number of carboxylic acid groups (broad SMARTS) is 1. The van der Waals surface area contributed by atoms with E-state index in [2.05, 4.69) is 12.1 Å². The highest BCUT2D eigenvalue weighted by Crippen LogP contribution is 2.18. The van der Waals surface area contributed by atoms with E-state index in [1.165, 1.54) is 0 Å². The van der Waals surface area contributed by atoms with E-state index in [1.807, 2.05) is 0 Å². The minimum atomic E-state index is -1.19. The zero-order valence-corrected chi connectivity index (χ0v) is 10.1. The van der Waals surface area contributed by atoms with Crippen LogP contribution < -0.4 is 11.2 Å². The van der Waals surface area contributed by atoms with Crippen LogP contribution >= 0.6 is 0 Å². The van der Waals surface area contributed by atoms with E-state index in [1.54, 1.807) is 19.1 Å². The van der Waals surface area contributed by atoms with Crippen LogP contribution in [0.15, 0.2) is 24.3 Å². The van der Waals surface area contributed by atoms with Gasteiger partial charge in [0.25, 0.3) is 0 Å². The molecule has 0 fully saturated rings. The molecule has 1 aliphatic rings. The third-order valence-electron chi connectivity index (χ3n) is 2.55. The molecule has 2 atom stereocenters. The molecule has 1 aliphatic heterocycles. The molecule has 0 saturated carbocycles. The Morgan fingerprint density at radius 3 is 2.94 bits per heavy atom. The lowest BCUT2D eigenvalue weighted by Gasteiger charge is -2.35. The van der Waals surface area contributed by atoms with E-state index in [0.717, 1.165) is 4.90 Å². The van der Waals surface area contributed by atoms with Crippen molar-refractivity contribution in [2.45, 2.75) is 19.0 Å². The highest BCUT2D eigenvalue weighted by Gasteiger charge is 2.34. The molecule has 1 heterocycles. The first-order valence-corrected chi connectivity index (χ1v) is 5.42. The Bertz CT molecular complexity index is 380. The fourth-order valence-corrected chi connectivity index (χ4v) is 1.88. The number of carbonyl (C=O) groups excluding carboxylic acids is 1. The molecular weight excluding hydrogens is 238 g/mol. The monoisotopic (exact) mass is 255 g/mol. The Kier molecular flexibility index (Phi) is 4.87. The first-order valence-electron chi connectivity index (χ1n) is 5.42. The van der Waals surface area contributed by atoms with E-state index in [9.17, 15) is 9.59 Å². The Labute approximate surface area is 105 Å². The number of amides is 2. The number of primary amides is 1. The maximum absolute atomic E-state index is 11.3. The number of nitrogens with zero attached hydrogens (tertiary/aromatic N) is 1. The SMILES string of the molecule is C=CCON[C@@H]1C=C(C)[C@@H](C(N)=O)N(C(=O)O)C1. The van der Waals surface area contributed by atoms with Crippen molar-refractivity contribution in [1.82, 2.24) is 10.4 Å². The standard InChI is InChI=1S/C11H17N3O4/c1-3-4-18-13-8-5-7(2)9(10(12)15)14(6-8)11(16)17/h3,5,8-9,13H,1,4,6H2,2H3,(H2,12,15)(H,16,17)/t8-,9+/m1/s1. The lowest BCUT2D eigenvalue weighted by atomic mass is 9.99. The first-order chi connectivity index (χ1) is 8.47. The highest BCUT2D eigenvalue weighted by atomic mass is 16.6. The summed E-state index contributed by atoms with van der Waals surface area (Å²) in [6.07, 6.45) is 2.10. The number of hydrogen-bond donors (Lipinski definition) is 3. The van der Waals surface area contributed by atoms with Crippen LogP contribution in [0.1, 0.15) is 6.92 Å². The van der Waals surface area contributed by atoms with E-state index in [4.69, 9.17) is 15.7 Å². The quantitative estimate of drug-likeness (QED) is 0.360. The van der Waals surface area contributed by atoms with Crippen molar-refractivity contribution < 1.29 is 19.5 Å². The van der Waals surface area contributed by atoms with Crippen molar-refractivity contribution in [2.75, 3.05) is 13.2 Å². The summed E-state index contributed by atoms with van der Waals surface area (Å²) in [5, 5.41) is 9.07. The van der Waals surface area contributed by atoms with Crippen LogP contribution in [0.5, 0.6) is 0 Å². The van der Waals surface area contributed by atoms with E-state index in [0.29, 0.717) is 12.2 Å². The summed E-state index contributed by atoms with van der Waals surface area (Å²) < 4.78 is 0. The number of nitrogens with one attached hydrogen (secondary N) is 1. The molecule has 1 rings (SSSR count). The number of hydrogen-bond acceptors (Lipinski definition) is 4. The van der Waals surface area contributed by atoms with Crippen molar-refractivity contribution in [3.63, 3.8) is 0 Å². The van der Waals surface area contributed by atoms with Gasteiger partial charge in [-0.1, -0.05) is 12.2 Å². The molecule has 7 heteroatoms. The van der Waals surface area contributed by atoms with Gasteiger partial charge >= 0.3 is 6.09 Å². The van der Waals surface area contributed by atoms with Crippen LogP contribution in [-0.2, 0) is 9.63 Å². The minimum absolute atomic E-state index is 0.0947. The summed E-state index contributed by atoms with van der Waals surface area (Å²) in [4.78, 5) is 28.4. The highest BCUT2D eigenvalue weighted by molar-refractivity contribution is 5.87. The molecule has 0 aromatic carbocycles. The molecule has 0 aromatic rings. The Hall–Kier alpha value is -1.86. The van der Waals surface area contributed by atoms with Crippen LogP contribution in [0.2, 0.25) is 0 Å². The van der Waals surface area contributed by atoms with Crippen molar-refractivity contribution in [3.05, 3.63) is 24.3 Å². The van der Waals surface area contributed by atoms with Crippen LogP contribution in [0.25, 0.3) is 0 Å². The number of hydroxylamine groups is 1. The van der Waals surface area contributed by atoms with Gasteiger partial charge in [0.05, 0.1) is 12.6 Å². The Balaban J connectivity index is 2.80. The van der Waals surface area contributed by atoms with E-state index in [-0.39, 0.29) is 12.6 Å². The van der Waals surface area contributed by atoms with Crippen LogP contribution in [0.3, 0.4) is 0 Å². The van der Waals surface area contributed by atoms with Crippen LogP contribution in [0.4, 0.5) is 4.79 Å². The first kappa shape index (κ1) is 14.2. The molecule has 4 N–H and O–H groups in total. The molecule has 0 bridgehead atoms. The normalized spacial score (nSPS) is 23.4. The van der Waals surface area contributed by atoms with Gasteiger partial charge < -0.3 is 10.8 Å². The van der Waals surface area contributed by atoms with Crippen molar-refractivity contribution >= 4 is 12.0 Å². The lowest BCUT2D eigenvalue weighted by Crippen LogP contribution is -2.55. The predicted molar refractivity (Wildman–Crippen MR) is 64.5 cm³/mol. The maximum atomic E-state index is 11.3. The van der Waals surface area contributed by atoms with Crippen molar-refractivity contribution in [3.8, 4) is 0 Å². The third kappa shape index (κ3) is 3.31. The van der Waals surface area contributed by atoms with E-state index < -0.39 is 18.0 Å². The summed E-state index contributed by atoms with van der Waals surface area (Å²) in [5.74, 6) is -0.684. The molecule has 0 radical (unpaired) electrons. The topological polar surface area (TPSA) is 105 Å². The lowest BCUT2D eigenvalue weighted by molar-refractivity contribution is -0.122. The summed E-state index contributed by atoms with van der Waals surface area (Å²) in [6, 6.07) is -1.24. The molecule has 7 nitrogen and oxygen atoms in total. The van der Waals surface area contributed by atoms with E-state index >= 15 is 0 Å². The van der Waals surface area contributed by atoms with Crippen LogP contribution in [0, 0.1) is 0 Å². The average Bonchev–Trinajstić information content (AvgIpc) is 2.27. The largest absolute Gasteiger partial charge is 0.465 e. The summed E-state index contributed by atoms with van der Waals surface area (Å²) >= 11 is 0. The third-order valence-corrected chi connectivity index (χ3v) is 2.55. The summed E-state index contributed by atoms with van der Waals surface area (Å²) in [6.45, 7) is 5.55. The van der Waals surface area contributed by atoms with Gasteiger partial charge in [0.1, 0.15) is 6.04 Å². The second kappa shape index (κ2) is 6.18. The van der Waals surface area contributed by atoms with Gasteiger partial charge in [0.15, 0.2) is 0 Å². The predicted octanol–water partition coefficient (Wildman–Crippen LogP) is -0.144. The summed E-state index contributed by atoms with van der Waals surface area (Å²) in [5.41, 5.74) is 8.48. The Morgan fingerprint density at radius 1 is 1.78 bits per heavy atom. The Morgan fingerprint density at radius 2 is 2.44 bits per heavy atom. The zero-order valence-electron chi connectivity index (χ0n) is 10.1. The van der Waals surface area contributed by atoms with Crippen molar-refractivity contribution in [2.24, 2.45) is 5.73 Å². The van der Waals surface area contributed by atoms with Gasteiger partial charge in [-0.3, -0.25) is 14.5 Å². The molecule has 0 aliphatic carbocycles. The van der Waals surface area contributed by atoms with Gasteiger partial charge in [-0.2, -0.15) is 5.48 Å². The fraction of sp³-hybridized carbons (Fsp3) is 0.455. The smallest absolute Gasteiger partial charge is 0.408 e. The minimum Gasteiger partial charge on any atom is -0.465 e. The zero-order chi connectivity index (χ0) is 13.7. The van der Waals surface area contributed by atoms with Gasteiger partial charge in [-0.25, -0.2) is 4.79 Å². The van der Waals surface area contributed by atoms with Gasteiger partial charge in [0, 0.05) is 6.54 Å². The van der Waals surface area contributed by atoms with Gasteiger partial charge in [0.2, 0.25) is 5.91 Å². The van der Waals surface area contributed by atoms with Crippen molar-refractivity contribution in [1.29, 1.82) is 0 Å². The molecular formula is C11H17N3O4. The molecule has 0 spiro atoms. The number of carbonyl (C=O) groups is 2. The molecule has 100 valence electrons. The van der Waals surface area contributed by atoms with Gasteiger partial charge in [-0.05, 0) is 12.5 Å². The average molecular weight is 255 g/mol. The summed E-state index contributed by atoms with van der Waals surface area (Å²) in [7, 11) is 0.